The van der Waals surface area contributed by atoms with Crippen LogP contribution in [0.25, 0.3) is 0 Å². The number of nitrogens with zero attached hydrogens (tertiary/aromatic N) is 1. The highest BCUT2D eigenvalue weighted by molar-refractivity contribution is 5.31. The van der Waals surface area contributed by atoms with Gasteiger partial charge < -0.3 is 4.74 Å². The fourth-order valence-electron chi connectivity index (χ4n) is 19.3. The molecule has 2 heteroatoms. The van der Waals surface area contributed by atoms with Gasteiger partial charge in [0.05, 0.1) is 24.2 Å². The second-order valence-electron chi connectivity index (χ2n) is 22.3. The van der Waals surface area contributed by atoms with Gasteiger partial charge in [-0.25, -0.2) is 0 Å². The van der Waals surface area contributed by atoms with Crippen molar-refractivity contribution in [2.24, 2.45) is 94.2 Å². The lowest BCUT2D eigenvalue weighted by Crippen LogP contribution is -2.63. The van der Waals surface area contributed by atoms with E-state index in [2.05, 4.69) is 29.4 Å². The van der Waals surface area contributed by atoms with Gasteiger partial charge >= 0.3 is 0 Å². The standard InChI is InChI=1S/C52H77NO/c53-32-37-18-13-24-46-51(37)54-48-25-12-11-23-45(48)52(46)44-22-10-9-19-38(44)39-28-27-36(31-47(39)52)50-41-21-8-7-20-40(41)49(34-16-5-2-6-17-34)42-29-26-35(30-43(42)50)33-14-3-1-4-15-33/h11,23,33-39,42-51H,1-10,12-22,24-31H2. The molecule has 11 rings (SSSR count). The Morgan fingerprint density at radius 1 is 0.519 bits per heavy atom. The molecule has 1 spiro atoms. The summed E-state index contributed by atoms with van der Waals surface area (Å²) in [5, 5.41) is 10.6. The fraction of sp³-hybridized carbons (Fsp3) is 0.904. The number of ether oxygens (including phenoxy) is 1. The zero-order valence-corrected chi connectivity index (χ0v) is 34.3. The predicted molar refractivity (Wildman–Crippen MR) is 219 cm³/mol. The first-order chi connectivity index (χ1) is 26.8. The average Bonchev–Trinajstić information content (AvgIpc) is 3.53. The molecule has 0 amide bonds. The summed E-state index contributed by atoms with van der Waals surface area (Å²) in [6.07, 6.45) is 48.5. The van der Waals surface area contributed by atoms with E-state index in [1.165, 1.54) is 122 Å². The Labute approximate surface area is 330 Å². The molecule has 2 nitrogen and oxygen atoms in total. The van der Waals surface area contributed by atoms with E-state index in [4.69, 9.17) is 4.74 Å². The van der Waals surface area contributed by atoms with Crippen LogP contribution in [0.2, 0.25) is 0 Å². The van der Waals surface area contributed by atoms with Crippen molar-refractivity contribution in [3.05, 3.63) is 23.3 Å². The van der Waals surface area contributed by atoms with Crippen LogP contribution in [0.1, 0.15) is 186 Å². The maximum Gasteiger partial charge on any atom is 0.0771 e. The van der Waals surface area contributed by atoms with Gasteiger partial charge in [-0.3, -0.25) is 0 Å². The molecule has 54 heavy (non-hydrogen) atoms. The van der Waals surface area contributed by atoms with Crippen LogP contribution in [-0.2, 0) is 4.74 Å². The molecule has 296 valence electrons. The first kappa shape index (κ1) is 36.0. The van der Waals surface area contributed by atoms with Gasteiger partial charge in [-0.2, -0.15) is 5.26 Å². The molecule has 0 N–H and O–H groups in total. The normalized spacial score (nSPS) is 50.9. The number of allylic oxidation sites excluding steroid dienone is 3. The van der Waals surface area contributed by atoms with Crippen LogP contribution >= 0.6 is 0 Å². The minimum Gasteiger partial charge on any atom is -0.373 e. The highest BCUT2D eigenvalue weighted by Gasteiger charge is 2.71. The quantitative estimate of drug-likeness (QED) is 0.271. The Kier molecular flexibility index (Phi) is 9.98. The molecular formula is C52H77NO. The molecule has 10 aliphatic carbocycles. The average molecular weight is 732 g/mol. The molecule has 8 fully saturated rings. The maximum atomic E-state index is 10.6. The Hall–Kier alpha value is -1.07. The summed E-state index contributed by atoms with van der Waals surface area (Å²) in [6.45, 7) is 0. The Bertz CT molecular complexity index is 1460. The van der Waals surface area contributed by atoms with Gasteiger partial charge in [-0.15, -0.1) is 0 Å². The van der Waals surface area contributed by atoms with E-state index in [-0.39, 0.29) is 12.0 Å². The molecular weight excluding hydrogens is 655 g/mol. The summed E-state index contributed by atoms with van der Waals surface area (Å²) in [5.74, 6) is 12.8. The van der Waals surface area contributed by atoms with Gasteiger partial charge in [0.25, 0.3) is 0 Å². The van der Waals surface area contributed by atoms with Crippen molar-refractivity contribution in [2.45, 2.75) is 198 Å². The first-order valence-electron chi connectivity index (χ1n) is 25.2. The lowest BCUT2D eigenvalue weighted by molar-refractivity contribution is -0.234. The van der Waals surface area contributed by atoms with E-state index < -0.39 is 0 Å². The fourth-order valence-corrected chi connectivity index (χ4v) is 19.3. The van der Waals surface area contributed by atoms with Gasteiger partial charge in [0.1, 0.15) is 0 Å². The Morgan fingerprint density at radius 2 is 1.19 bits per heavy atom. The molecule has 0 radical (unpaired) electrons. The van der Waals surface area contributed by atoms with Crippen LogP contribution in [-0.4, -0.2) is 12.2 Å². The van der Waals surface area contributed by atoms with Gasteiger partial charge in [0.15, 0.2) is 0 Å². The van der Waals surface area contributed by atoms with E-state index in [0.29, 0.717) is 23.4 Å². The first-order valence-corrected chi connectivity index (χ1v) is 25.2. The monoisotopic (exact) mass is 732 g/mol. The van der Waals surface area contributed by atoms with Crippen LogP contribution < -0.4 is 0 Å². The molecule has 0 aromatic heterocycles. The van der Waals surface area contributed by atoms with Crippen LogP contribution in [0.15, 0.2) is 23.3 Å². The highest BCUT2D eigenvalue weighted by Crippen LogP contribution is 2.75. The summed E-state index contributed by atoms with van der Waals surface area (Å²) in [4.78, 5) is 0. The van der Waals surface area contributed by atoms with Crippen molar-refractivity contribution in [3.63, 3.8) is 0 Å². The van der Waals surface area contributed by atoms with Gasteiger partial charge in [-0.1, -0.05) is 93.9 Å². The van der Waals surface area contributed by atoms with Crippen LogP contribution in [0.4, 0.5) is 0 Å². The molecule has 0 bridgehead atoms. The molecule has 7 saturated carbocycles. The van der Waals surface area contributed by atoms with Crippen molar-refractivity contribution in [1.82, 2.24) is 0 Å². The van der Waals surface area contributed by atoms with E-state index >= 15 is 0 Å². The van der Waals surface area contributed by atoms with E-state index in [0.717, 1.165) is 77.4 Å². The van der Waals surface area contributed by atoms with Crippen molar-refractivity contribution < 1.29 is 4.74 Å². The third-order valence-electron chi connectivity index (χ3n) is 20.8. The lowest BCUT2D eigenvalue weighted by Gasteiger charge is -2.63. The zero-order valence-electron chi connectivity index (χ0n) is 34.3. The number of rotatable bonds is 3. The minimum atomic E-state index is 0.123. The number of hydrogen-bond donors (Lipinski definition) is 0. The zero-order chi connectivity index (χ0) is 35.8. The minimum absolute atomic E-state index is 0.123. The van der Waals surface area contributed by atoms with Gasteiger partial charge in [0, 0.05) is 5.92 Å². The summed E-state index contributed by atoms with van der Waals surface area (Å²) < 4.78 is 7.29. The van der Waals surface area contributed by atoms with Crippen molar-refractivity contribution >= 4 is 0 Å². The topological polar surface area (TPSA) is 33.0 Å². The van der Waals surface area contributed by atoms with Gasteiger partial charge in [-0.05, 0) is 198 Å². The molecule has 1 saturated heterocycles. The molecule has 0 aromatic rings. The molecule has 1 aliphatic heterocycles. The number of nitriles is 1. The SMILES string of the molecule is N#CC1CCCC2C1OC1CCC=CC1C21C2CCCCC2C2CCC(C3C4=C(CCCC4)C(C4CCCCC4)C4CCC(C5CCCCC5)CC43)CC21. The van der Waals surface area contributed by atoms with Crippen LogP contribution in [0, 0.1) is 106 Å². The maximum absolute atomic E-state index is 10.6. The molecule has 16 atom stereocenters. The Balaban J connectivity index is 1.01. The molecule has 16 unspecified atom stereocenters. The highest BCUT2D eigenvalue weighted by atomic mass is 16.5. The lowest BCUT2D eigenvalue weighted by atomic mass is 9.44. The van der Waals surface area contributed by atoms with Crippen LogP contribution in [0.3, 0.4) is 0 Å². The summed E-state index contributed by atoms with van der Waals surface area (Å²) in [5.41, 5.74) is 4.62. The van der Waals surface area contributed by atoms with E-state index in [9.17, 15) is 5.26 Å². The third-order valence-corrected chi connectivity index (χ3v) is 20.8. The van der Waals surface area contributed by atoms with Crippen molar-refractivity contribution in [3.8, 4) is 6.07 Å². The molecule has 1 heterocycles. The second-order valence-corrected chi connectivity index (χ2v) is 22.3. The number of fused-ring (bicyclic) bond motifs is 10. The predicted octanol–water partition coefficient (Wildman–Crippen LogP) is 13.8. The number of hydrogen-bond acceptors (Lipinski definition) is 2. The summed E-state index contributed by atoms with van der Waals surface area (Å²) in [6, 6.07) is 2.88. The Morgan fingerprint density at radius 3 is 1.98 bits per heavy atom. The van der Waals surface area contributed by atoms with E-state index in [1.807, 2.05) is 0 Å². The summed E-state index contributed by atoms with van der Waals surface area (Å²) in [7, 11) is 0. The second kappa shape index (κ2) is 14.9. The van der Waals surface area contributed by atoms with Crippen molar-refractivity contribution in [2.75, 3.05) is 0 Å². The smallest absolute Gasteiger partial charge is 0.0771 e. The van der Waals surface area contributed by atoms with Gasteiger partial charge in [0.2, 0.25) is 0 Å². The largest absolute Gasteiger partial charge is 0.373 e. The molecule has 0 aromatic carbocycles. The van der Waals surface area contributed by atoms with E-state index in [1.54, 1.807) is 57.8 Å². The molecule has 11 aliphatic rings. The third kappa shape index (κ3) is 5.65. The van der Waals surface area contributed by atoms with Crippen LogP contribution in [0.5, 0.6) is 0 Å². The summed E-state index contributed by atoms with van der Waals surface area (Å²) >= 11 is 0. The van der Waals surface area contributed by atoms with Crippen molar-refractivity contribution in [1.29, 1.82) is 5.26 Å².